The molecule has 0 aliphatic heterocycles. The number of nitrogens with one attached hydrogen (secondary N) is 2. The number of ether oxygens (including phenoxy) is 1. The number of amides is 2. The van der Waals surface area contributed by atoms with Crippen LogP contribution in [-0.2, 0) is 6.54 Å². The number of carbonyl (C=O) groups is 2. The molecule has 0 atom stereocenters. The SMILES string of the molecule is O=C(NCc1ccsc1C(=O)O)Nc1ccc(OC(F)(F)F)cc1. The van der Waals surface area contributed by atoms with Gasteiger partial charge < -0.3 is 20.5 Å². The Labute approximate surface area is 137 Å². The lowest BCUT2D eigenvalue weighted by molar-refractivity contribution is -0.274. The molecule has 0 fully saturated rings. The molecule has 10 heteroatoms. The maximum Gasteiger partial charge on any atom is 0.573 e. The lowest BCUT2D eigenvalue weighted by atomic mass is 10.2. The number of anilines is 1. The summed E-state index contributed by atoms with van der Waals surface area (Å²) >= 11 is 1.04. The normalized spacial score (nSPS) is 11.0. The van der Waals surface area contributed by atoms with Gasteiger partial charge in [0.2, 0.25) is 0 Å². The van der Waals surface area contributed by atoms with Gasteiger partial charge in [-0.2, -0.15) is 0 Å². The molecule has 0 spiro atoms. The molecule has 0 saturated heterocycles. The number of thiophene rings is 1. The number of hydrogen-bond acceptors (Lipinski definition) is 4. The number of alkyl halides is 3. The van der Waals surface area contributed by atoms with E-state index in [9.17, 15) is 22.8 Å². The average Bonchev–Trinajstić information content (AvgIpc) is 2.94. The largest absolute Gasteiger partial charge is 0.573 e. The molecule has 1 aromatic carbocycles. The highest BCUT2D eigenvalue weighted by Crippen LogP contribution is 2.24. The molecule has 0 bridgehead atoms. The standard InChI is InChI=1S/C14H11F3N2O4S/c15-14(16,17)23-10-3-1-9(2-4-10)19-13(22)18-7-8-5-6-24-11(8)12(20)21/h1-6H,7H2,(H,20,21)(H2,18,19,22). The van der Waals surface area contributed by atoms with Crippen LogP contribution in [0.2, 0.25) is 0 Å². The summed E-state index contributed by atoms with van der Waals surface area (Å²) < 4.78 is 39.8. The van der Waals surface area contributed by atoms with Crippen LogP contribution in [0.4, 0.5) is 23.7 Å². The molecule has 2 amide bonds. The molecule has 0 aliphatic carbocycles. The highest BCUT2D eigenvalue weighted by Gasteiger charge is 2.30. The zero-order valence-corrected chi connectivity index (χ0v) is 12.7. The van der Waals surface area contributed by atoms with E-state index in [0.29, 0.717) is 5.56 Å². The van der Waals surface area contributed by atoms with Crippen LogP contribution in [0.1, 0.15) is 15.2 Å². The molecule has 3 N–H and O–H groups in total. The molecule has 24 heavy (non-hydrogen) atoms. The van der Waals surface area contributed by atoms with E-state index in [1.54, 1.807) is 11.4 Å². The number of carboxylic acid groups (broad SMARTS) is 1. The van der Waals surface area contributed by atoms with Gasteiger partial charge in [0.1, 0.15) is 10.6 Å². The van der Waals surface area contributed by atoms with Crippen LogP contribution >= 0.6 is 11.3 Å². The molecule has 2 rings (SSSR count). The Hall–Kier alpha value is -2.75. The Morgan fingerprint density at radius 2 is 1.83 bits per heavy atom. The number of aromatic carboxylic acids is 1. The van der Waals surface area contributed by atoms with Gasteiger partial charge in [0.05, 0.1) is 0 Å². The maximum absolute atomic E-state index is 12.0. The fourth-order valence-electron chi connectivity index (χ4n) is 1.75. The van der Waals surface area contributed by atoms with Crippen LogP contribution in [-0.4, -0.2) is 23.5 Å². The number of hydrogen-bond donors (Lipinski definition) is 3. The second-order valence-corrected chi connectivity index (χ2v) is 5.38. The van der Waals surface area contributed by atoms with Crippen LogP contribution < -0.4 is 15.4 Å². The van der Waals surface area contributed by atoms with Crippen molar-refractivity contribution in [2.75, 3.05) is 5.32 Å². The van der Waals surface area contributed by atoms with Crippen molar-refractivity contribution in [2.24, 2.45) is 0 Å². The summed E-state index contributed by atoms with van der Waals surface area (Å²) in [5.74, 6) is -1.49. The Balaban J connectivity index is 1.88. The zero-order chi connectivity index (χ0) is 17.7. The summed E-state index contributed by atoms with van der Waals surface area (Å²) in [5, 5.41) is 15.4. The Morgan fingerprint density at radius 1 is 1.17 bits per heavy atom. The molecule has 1 aromatic heterocycles. The van der Waals surface area contributed by atoms with E-state index in [4.69, 9.17) is 5.11 Å². The van der Waals surface area contributed by atoms with E-state index >= 15 is 0 Å². The number of benzene rings is 1. The van der Waals surface area contributed by atoms with Gasteiger partial charge >= 0.3 is 18.4 Å². The monoisotopic (exact) mass is 360 g/mol. The number of carbonyl (C=O) groups excluding carboxylic acids is 1. The first-order valence-corrected chi connectivity index (χ1v) is 7.33. The predicted molar refractivity (Wildman–Crippen MR) is 80.3 cm³/mol. The Kier molecular flexibility index (Phi) is 5.29. The summed E-state index contributed by atoms with van der Waals surface area (Å²) in [5.41, 5.74) is 0.711. The van der Waals surface area contributed by atoms with Crippen LogP contribution in [0.3, 0.4) is 0 Å². The van der Waals surface area contributed by atoms with Gasteiger partial charge in [0.25, 0.3) is 0 Å². The van der Waals surface area contributed by atoms with Gasteiger partial charge in [-0.25, -0.2) is 9.59 Å². The molecule has 0 saturated carbocycles. The molecule has 0 unspecified atom stereocenters. The van der Waals surface area contributed by atoms with E-state index in [2.05, 4.69) is 15.4 Å². The van der Waals surface area contributed by atoms with E-state index < -0.39 is 24.1 Å². The Bertz CT molecular complexity index is 728. The van der Waals surface area contributed by atoms with Crippen LogP contribution in [0.25, 0.3) is 0 Å². The molecule has 6 nitrogen and oxygen atoms in total. The maximum atomic E-state index is 12.0. The number of urea groups is 1. The van der Waals surface area contributed by atoms with Crippen molar-refractivity contribution in [2.45, 2.75) is 12.9 Å². The highest BCUT2D eigenvalue weighted by atomic mass is 32.1. The molecular weight excluding hydrogens is 349 g/mol. The summed E-state index contributed by atoms with van der Waals surface area (Å²) in [6, 6.07) is 5.57. The van der Waals surface area contributed by atoms with Gasteiger partial charge in [-0.05, 0) is 41.3 Å². The smallest absolute Gasteiger partial charge is 0.477 e. The second-order valence-electron chi connectivity index (χ2n) is 4.46. The minimum absolute atomic E-state index is 0.00619. The van der Waals surface area contributed by atoms with Gasteiger partial charge in [-0.1, -0.05) is 0 Å². The first-order chi connectivity index (χ1) is 11.2. The minimum Gasteiger partial charge on any atom is -0.477 e. The minimum atomic E-state index is -4.78. The third-order valence-corrected chi connectivity index (χ3v) is 3.67. The van der Waals surface area contributed by atoms with E-state index in [1.165, 1.54) is 12.1 Å². The molecule has 2 aromatic rings. The lowest BCUT2D eigenvalue weighted by Gasteiger charge is -2.10. The fraction of sp³-hybridized carbons (Fsp3) is 0.143. The molecule has 0 radical (unpaired) electrons. The highest BCUT2D eigenvalue weighted by molar-refractivity contribution is 7.12. The van der Waals surface area contributed by atoms with E-state index in [-0.39, 0.29) is 17.1 Å². The van der Waals surface area contributed by atoms with Crippen LogP contribution in [0, 0.1) is 0 Å². The van der Waals surface area contributed by atoms with Crippen molar-refractivity contribution < 1.29 is 32.6 Å². The summed E-state index contributed by atoms with van der Waals surface area (Å²) in [4.78, 5) is 22.8. The van der Waals surface area contributed by atoms with E-state index in [1.807, 2.05) is 0 Å². The van der Waals surface area contributed by atoms with Gasteiger partial charge in [-0.3, -0.25) is 0 Å². The Morgan fingerprint density at radius 3 is 2.42 bits per heavy atom. The lowest BCUT2D eigenvalue weighted by Crippen LogP contribution is -2.28. The first kappa shape index (κ1) is 17.6. The average molecular weight is 360 g/mol. The van der Waals surface area contributed by atoms with Crippen molar-refractivity contribution in [3.05, 3.63) is 46.2 Å². The predicted octanol–water partition coefficient (Wildman–Crippen LogP) is 3.67. The fourth-order valence-corrected chi connectivity index (χ4v) is 2.51. The van der Waals surface area contributed by atoms with Crippen LogP contribution in [0.15, 0.2) is 35.7 Å². The van der Waals surface area contributed by atoms with Crippen LogP contribution in [0.5, 0.6) is 5.75 Å². The third-order valence-electron chi connectivity index (χ3n) is 2.73. The third kappa shape index (κ3) is 5.16. The topological polar surface area (TPSA) is 87.7 Å². The molecule has 1 heterocycles. The number of rotatable bonds is 5. The summed E-state index contributed by atoms with van der Waals surface area (Å²) in [6.07, 6.45) is -4.78. The zero-order valence-electron chi connectivity index (χ0n) is 11.9. The number of halogens is 3. The number of carboxylic acids is 1. The van der Waals surface area contributed by atoms with Gasteiger partial charge in [-0.15, -0.1) is 24.5 Å². The summed E-state index contributed by atoms with van der Waals surface area (Å²) in [6.45, 7) is 0.00619. The van der Waals surface area contributed by atoms with Crippen molar-refractivity contribution >= 4 is 29.0 Å². The van der Waals surface area contributed by atoms with Gasteiger partial charge in [0, 0.05) is 12.2 Å². The first-order valence-electron chi connectivity index (χ1n) is 6.45. The molecular formula is C14H11F3N2O4S. The van der Waals surface area contributed by atoms with Crippen molar-refractivity contribution in [1.29, 1.82) is 0 Å². The van der Waals surface area contributed by atoms with Gasteiger partial charge in [0.15, 0.2) is 0 Å². The van der Waals surface area contributed by atoms with Crippen molar-refractivity contribution in [3.8, 4) is 5.75 Å². The second kappa shape index (κ2) is 7.21. The molecule has 0 aliphatic rings. The van der Waals surface area contributed by atoms with Crippen molar-refractivity contribution in [1.82, 2.24) is 5.32 Å². The van der Waals surface area contributed by atoms with E-state index in [0.717, 1.165) is 23.5 Å². The molecule has 128 valence electrons. The summed E-state index contributed by atoms with van der Waals surface area (Å²) in [7, 11) is 0. The van der Waals surface area contributed by atoms with Crippen molar-refractivity contribution in [3.63, 3.8) is 0 Å². The quantitative estimate of drug-likeness (QED) is 0.759.